The number of carbonyl (C=O) groups is 2. The lowest BCUT2D eigenvalue weighted by Gasteiger charge is -2.17. The van der Waals surface area contributed by atoms with E-state index in [2.05, 4.69) is 50.7 Å². The molecule has 0 fully saturated rings. The van der Waals surface area contributed by atoms with Gasteiger partial charge in [0.15, 0.2) is 0 Å². The van der Waals surface area contributed by atoms with Crippen molar-refractivity contribution in [3.05, 3.63) is 24.3 Å². The predicted octanol–water partition coefficient (Wildman–Crippen LogP) is 2.90. The number of likely N-dealkylation sites (N-methyl/N-ethyl adjacent to an activating group) is 2. The number of nitrogens with zero attached hydrogens (tertiary/aromatic N) is 2. The Kier molecular flexibility index (Phi) is 17.2. The maximum atomic E-state index is 11.0. The molecule has 0 atom stereocenters. The van der Waals surface area contributed by atoms with Gasteiger partial charge in [0.25, 0.3) is 0 Å². The van der Waals surface area contributed by atoms with Crippen molar-refractivity contribution in [3.8, 4) is 0 Å². The molecule has 26 heavy (non-hydrogen) atoms. The maximum absolute atomic E-state index is 11.0. The van der Waals surface area contributed by atoms with E-state index in [0.29, 0.717) is 24.4 Å². The molecule has 0 saturated heterocycles. The SMILES string of the molecule is C=C(C)C(=O)OCCN(CC)CC.C=C(C)C(=O)OCCN(CC)CC. The largest absolute Gasteiger partial charge is 0.461 e. The minimum Gasteiger partial charge on any atom is -0.461 e. The Balaban J connectivity index is 0. The molecule has 0 heterocycles. The van der Waals surface area contributed by atoms with Crippen LogP contribution in [0.2, 0.25) is 0 Å². The predicted molar refractivity (Wildman–Crippen MR) is 107 cm³/mol. The Labute approximate surface area is 159 Å². The second-order valence-corrected chi connectivity index (χ2v) is 5.89. The van der Waals surface area contributed by atoms with E-state index >= 15 is 0 Å². The first kappa shape index (κ1) is 26.6. The zero-order valence-corrected chi connectivity index (χ0v) is 17.6. The zero-order valence-electron chi connectivity index (χ0n) is 17.6. The molecule has 6 nitrogen and oxygen atoms in total. The number of rotatable bonds is 12. The maximum Gasteiger partial charge on any atom is 0.333 e. The van der Waals surface area contributed by atoms with Crippen molar-refractivity contribution in [2.75, 3.05) is 52.5 Å². The van der Waals surface area contributed by atoms with Crippen LogP contribution in [0.15, 0.2) is 24.3 Å². The van der Waals surface area contributed by atoms with Crippen LogP contribution in [-0.4, -0.2) is 74.2 Å². The van der Waals surface area contributed by atoms with E-state index < -0.39 is 0 Å². The minimum atomic E-state index is -0.299. The van der Waals surface area contributed by atoms with Crippen molar-refractivity contribution >= 4 is 11.9 Å². The molecule has 0 bridgehead atoms. The van der Waals surface area contributed by atoms with Gasteiger partial charge in [-0.15, -0.1) is 0 Å². The molecule has 0 saturated carbocycles. The highest BCUT2D eigenvalue weighted by Gasteiger charge is 2.05. The first-order chi connectivity index (χ1) is 12.2. The fourth-order valence-corrected chi connectivity index (χ4v) is 1.86. The Morgan fingerprint density at radius 2 is 0.962 bits per heavy atom. The van der Waals surface area contributed by atoms with Gasteiger partial charge < -0.3 is 19.3 Å². The molecule has 6 heteroatoms. The second-order valence-electron chi connectivity index (χ2n) is 5.89. The van der Waals surface area contributed by atoms with Crippen LogP contribution in [0.1, 0.15) is 41.5 Å². The molecule has 0 aromatic rings. The van der Waals surface area contributed by atoms with Gasteiger partial charge in [0, 0.05) is 24.2 Å². The molecule has 0 N–H and O–H groups in total. The lowest BCUT2D eigenvalue weighted by molar-refractivity contribution is -0.140. The zero-order chi connectivity index (χ0) is 20.5. The van der Waals surface area contributed by atoms with Gasteiger partial charge in [-0.25, -0.2) is 9.59 Å². The summed E-state index contributed by atoms with van der Waals surface area (Å²) in [7, 11) is 0. The molecule has 0 aromatic carbocycles. The van der Waals surface area contributed by atoms with E-state index in [0.717, 1.165) is 39.3 Å². The van der Waals surface area contributed by atoms with Crippen molar-refractivity contribution in [2.24, 2.45) is 0 Å². The monoisotopic (exact) mass is 370 g/mol. The standard InChI is InChI=1S/2C10H19NO2/c2*1-5-11(6-2)7-8-13-10(12)9(3)4/h2*3,5-8H2,1-2,4H3. The average Bonchev–Trinajstić information content (AvgIpc) is 2.62. The van der Waals surface area contributed by atoms with Crippen molar-refractivity contribution < 1.29 is 19.1 Å². The summed E-state index contributed by atoms with van der Waals surface area (Å²) in [6, 6.07) is 0. The van der Waals surface area contributed by atoms with Gasteiger partial charge in [-0.3, -0.25) is 0 Å². The lowest BCUT2D eigenvalue weighted by Crippen LogP contribution is -2.27. The molecule has 0 aliphatic rings. The minimum absolute atomic E-state index is 0.299. The van der Waals surface area contributed by atoms with E-state index in [4.69, 9.17) is 9.47 Å². The third-order valence-corrected chi connectivity index (χ3v) is 3.77. The number of hydrogen-bond donors (Lipinski definition) is 0. The molecular weight excluding hydrogens is 332 g/mol. The fourth-order valence-electron chi connectivity index (χ4n) is 1.86. The van der Waals surface area contributed by atoms with Crippen LogP contribution in [0.4, 0.5) is 0 Å². The van der Waals surface area contributed by atoms with Crippen molar-refractivity contribution in [1.29, 1.82) is 0 Å². The fraction of sp³-hybridized carbons (Fsp3) is 0.700. The van der Waals surface area contributed by atoms with Gasteiger partial charge >= 0.3 is 11.9 Å². The smallest absolute Gasteiger partial charge is 0.333 e. The van der Waals surface area contributed by atoms with E-state index in [1.807, 2.05) is 0 Å². The third kappa shape index (κ3) is 14.7. The summed E-state index contributed by atoms with van der Waals surface area (Å²) in [6.45, 7) is 25.1. The van der Waals surface area contributed by atoms with E-state index in [1.165, 1.54) is 0 Å². The summed E-state index contributed by atoms with van der Waals surface area (Å²) in [5.41, 5.74) is 0.916. The van der Waals surface area contributed by atoms with Gasteiger partial charge in [-0.1, -0.05) is 40.9 Å². The molecule has 0 rings (SSSR count). The van der Waals surface area contributed by atoms with Crippen LogP contribution < -0.4 is 0 Å². The van der Waals surface area contributed by atoms with Gasteiger partial charge in [-0.2, -0.15) is 0 Å². The second kappa shape index (κ2) is 16.8. The van der Waals surface area contributed by atoms with E-state index in [1.54, 1.807) is 13.8 Å². The molecule has 0 radical (unpaired) electrons. The van der Waals surface area contributed by atoms with Crippen molar-refractivity contribution in [1.82, 2.24) is 9.80 Å². The van der Waals surface area contributed by atoms with Crippen LogP contribution in [0.3, 0.4) is 0 Å². The molecular formula is C20H38N2O4. The molecule has 152 valence electrons. The third-order valence-electron chi connectivity index (χ3n) is 3.77. The summed E-state index contributed by atoms with van der Waals surface area (Å²) < 4.78 is 9.91. The summed E-state index contributed by atoms with van der Waals surface area (Å²) in [6.07, 6.45) is 0. The Hall–Kier alpha value is -1.66. The van der Waals surface area contributed by atoms with Gasteiger partial charge in [-0.05, 0) is 40.0 Å². The van der Waals surface area contributed by atoms with Crippen LogP contribution >= 0.6 is 0 Å². The molecule has 0 spiro atoms. The number of hydrogen-bond acceptors (Lipinski definition) is 6. The van der Waals surface area contributed by atoms with Gasteiger partial charge in [0.2, 0.25) is 0 Å². The Morgan fingerprint density at radius 3 is 1.15 bits per heavy atom. The van der Waals surface area contributed by atoms with Crippen LogP contribution in [-0.2, 0) is 19.1 Å². The van der Waals surface area contributed by atoms with Crippen LogP contribution in [0, 0.1) is 0 Å². The molecule has 0 aliphatic heterocycles. The highest BCUT2D eigenvalue weighted by atomic mass is 16.5. The molecule has 0 aromatic heterocycles. The van der Waals surface area contributed by atoms with Crippen molar-refractivity contribution in [2.45, 2.75) is 41.5 Å². The molecule has 0 amide bonds. The summed E-state index contributed by atoms with van der Waals surface area (Å²) in [5.74, 6) is -0.598. The number of carbonyl (C=O) groups excluding carboxylic acids is 2. The van der Waals surface area contributed by atoms with E-state index in [9.17, 15) is 9.59 Å². The normalized spacial score (nSPS) is 10.2. The number of esters is 2. The average molecular weight is 371 g/mol. The van der Waals surface area contributed by atoms with Crippen LogP contribution in [0.25, 0.3) is 0 Å². The number of ether oxygens (including phenoxy) is 2. The topological polar surface area (TPSA) is 59.1 Å². The van der Waals surface area contributed by atoms with Crippen LogP contribution in [0.5, 0.6) is 0 Å². The summed E-state index contributed by atoms with van der Waals surface area (Å²) in [4.78, 5) is 26.3. The molecule has 0 unspecified atom stereocenters. The Bertz CT molecular complexity index is 388. The summed E-state index contributed by atoms with van der Waals surface area (Å²) >= 11 is 0. The first-order valence-corrected chi connectivity index (χ1v) is 9.33. The van der Waals surface area contributed by atoms with Crippen molar-refractivity contribution in [3.63, 3.8) is 0 Å². The lowest BCUT2D eigenvalue weighted by atomic mass is 10.4. The van der Waals surface area contributed by atoms with Gasteiger partial charge in [0.05, 0.1) is 0 Å². The van der Waals surface area contributed by atoms with Gasteiger partial charge in [0.1, 0.15) is 13.2 Å². The Morgan fingerprint density at radius 1 is 0.692 bits per heavy atom. The summed E-state index contributed by atoms with van der Waals surface area (Å²) in [5, 5.41) is 0. The quantitative estimate of drug-likeness (QED) is 0.389. The first-order valence-electron chi connectivity index (χ1n) is 9.33. The highest BCUT2D eigenvalue weighted by Crippen LogP contribution is 1.94. The van der Waals surface area contributed by atoms with E-state index in [-0.39, 0.29) is 11.9 Å². The highest BCUT2D eigenvalue weighted by molar-refractivity contribution is 5.87. The molecule has 0 aliphatic carbocycles.